The highest BCUT2D eigenvalue weighted by atomic mass is 19.1. The Kier molecular flexibility index (Phi) is 7.86. The lowest BCUT2D eigenvalue weighted by Crippen LogP contribution is -2.51. The van der Waals surface area contributed by atoms with E-state index in [-0.39, 0.29) is 31.7 Å². The van der Waals surface area contributed by atoms with E-state index in [4.69, 9.17) is 9.47 Å². The van der Waals surface area contributed by atoms with Crippen molar-refractivity contribution in [1.29, 1.82) is 0 Å². The fourth-order valence-corrected chi connectivity index (χ4v) is 3.92. The molecule has 1 aliphatic heterocycles. The molecule has 34 heavy (non-hydrogen) atoms. The van der Waals surface area contributed by atoms with Gasteiger partial charge >= 0.3 is 12.1 Å². The molecule has 1 N–H and O–H groups in total. The van der Waals surface area contributed by atoms with Gasteiger partial charge < -0.3 is 19.7 Å². The molecule has 0 bridgehead atoms. The van der Waals surface area contributed by atoms with Crippen LogP contribution in [0.5, 0.6) is 0 Å². The van der Waals surface area contributed by atoms with Gasteiger partial charge in [0.1, 0.15) is 17.5 Å². The Hall–Kier alpha value is -3.49. The number of carbonyl (C=O) groups excluding carboxylic acids is 3. The molecule has 1 aromatic carbocycles. The van der Waals surface area contributed by atoms with Crippen LogP contribution in [0.4, 0.5) is 9.18 Å². The molecular weight excluding hydrogens is 441 g/mol. The number of hydrogen-bond donors (Lipinski definition) is 1. The van der Waals surface area contributed by atoms with Crippen LogP contribution in [0.2, 0.25) is 0 Å². The van der Waals surface area contributed by atoms with Crippen LogP contribution in [-0.2, 0) is 38.4 Å². The fraction of sp³-hybridized carbons (Fsp3) is 0.440. The summed E-state index contributed by atoms with van der Waals surface area (Å²) in [5, 5.41) is 2.69. The zero-order chi connectivity index (χ0) is 24.9. The van der Waals surface area contributed by atoms with Crippen molar-refractivity contribution >= 4 is 18.0 Å². The minimum atomic E-state index is -0.815. The summed E-state index contributed by atoms with van der Waals surface area (Å²) >= 11 is 0. The first kappa shape index (κ1) is 25.1. The van der Waals surface area contributed by atoms with Crippen molar-refractivity contribution in [3.8, 4) is 0 Å². The highest BCUT2D eigenvalue weighted by Crippen LogP contribution is 2.25. The van der Waals surface area contributed by atoms with Gasteiger partial charge in [-0.25, -0.2) is 14.0 Å². The number of benzene rings is 1. The van der Waals surface area contributed by atoms with Crippen LogP contribution >= 0.6 is 0 Å². The minimum Gasteiger partial charge on any atom is -0.467 e. The average Bonchev–Trinajstić information content (AvgIpc) is 2.77. The lowest BCUT2D eigenvalue weighted by molar-refractivity contribution is -0.154. The molecule has 3 rings (SSSR count). The molecule has 1 aliphatic rings. The van der Waals surface area contributed by atoms with Gasteiger partial charge in [0.15, 0.2) is 0 Å². The van der Waals surface area contributed by atoms with Crippen LogP contribution < -0.4 is 5.32 Å². The molecule has 182 valence electrons. The lowest BCUT2D eigenvalue weighted by Gasteiger charge is -2.36. The summed E-state index contributed by atoms with van der Waals surface area (Å²) < 4.78 is 24.6. The minimum absolute atomic E-state index is 0.0783. The van der Waals surface area contributed by atoms with Crippen molar-refractivity contribution in [3.05, 3.63) is 65.2 Å². The number of carbonyl (C=O) groups is 3. The molecule has 9 heteroatoms. The number of halogens is 1. The van der Waals surface area contributed by atoms with E-state index in [2.05, 4.69) is 10.3 Å². The molecule has 2 aromatic rings. The molecule has 0 saturated carbocycles. The average molecular weight is 472 g/mol. The third kappa shape index (κ3) is 6.52. The summed E-state index contributed by atoms with van der Waals surface area (Å²) in [6, 6.07) is 6.42. The van der Waals surface area contributed by atoms with Gasteiger partial charge in [-0.2, -0.15) is 0 Å². The molecule has 0 fully saturated rings. The van der Waals surface area contributed by atoms with Crippen LogP contribution in [-0.4, -0.2) is 52.6 Å². The van der Waals surface area contributed by atoms with Crippen molar-refractivity contribution in [2.75, 3.05) is 7.11 Å². The second kappa shape index (κ2) is 10.6. The highest BCUT2D eigenvalue weighted by Gasteiger charge is 2.36. The number of hydrogen-bond acceptors (Lipinski definition) is 6. The smallest absolute Gasteiger partial charge is 0.407 e. The first-order valence-corrected chi connectivity index (χ1v) is 11.1. The normalized spacial score (nSPS) is 16.3. The summed E-state index contributed by atoms with van der Waals surface area (Å²) in [4.78, 5) is 43.9. The summed E-state index contributed by atoms with van der Waals surface area (Å²) in [6.07, 6.45) is 2.81. The maximum Gasteiger partial charge on any atom is 0.407 e. The quantitative estimate of drug-likeness (QED) is 0.650. The molecule has 0 radical (unpaired) electrons. The van der Waals surface area contributed by atoms with E-state index in [9.17, 15) is 18.8 Å². The topological polar surface area (TPSA) is 97.8 Å². The van der Waals surface area contributed by atoms with E-state index in [0.717, 1.165) is 11.1 Å². The second-order valence-corrected chi connectivity index (χ2v) is 9.25. The predicted octanol–water partition coefficient (Wildman–Crippen LogP) is 3.17. The SMILES string of the molecule is COC(=O)C1Cc2cnccc2CN1C(=O)C[C@@H](Cc1ccccc1F)NC(=O)OC(C)(C)C. The summed E-state index contributed by atoms with van der Waals surface area (Å²) in [7, 11) is 1.27. The monoisotopic (exact) mass is 471 g/mol. The van der Waals surface area contributed by atoms with Crippen molar-refractivity contribution in [2.45, 2.75) is 64.3 Å². The van der Waals surface area contributed by atoms with Crippen molar-refractivity contribution in [3.63, 3.8) is 0 Å². The summed E-state index contributed by atoms with van der Waals surface area (Å²) in [5.41, 5.74) is 1.37. The number of fused-ring (bicyclic) bond motifs is 1. The number of aromatic nitrogens is 1. The number of nitrogens with one attached hydrogen (secondary N) is 1. The number of esters is 1. The Bertz CT molecular complexity index is 1050. The Morgan fingerprint density at radius 3 is 2.62 bits per heavy atom. The van der Waals surface area contributed by atoms with Gasteiger partial charge in [0, 0.05) is 37.8 Å². The van der Waals surface area contributed by atoms with Gasteiger partial charge in [-0.3, -0.25) is 9.78 Å². The molecule has 2 heterocycles. The molecule has 0 aliphatic carbocycles. The molecule has 2 amide bonds. The van der Waals surface area contributed by atoms with E-state index in [1.165, 1.54) is 18.1 Å². The van der Waals surface area contributed by atoms with E-state index in [0.29, 0.717) is 5.56 Å². The van der Waals surface area contributed by atoms with E-state index in [1.807, 2.05) is 0 Å². The molecule has 1 aromatic heterocycles. The van der Waals surface area contributed by atoms with Gasteiger partial charge in [-0.1, -0.05) is 18.2 Å². The zero-order valence-corrected chi connectivity index (χ0v) is 19.8. The Balaban J connectivity index is 1.83. The van der Waals surface area contributed by atoms with Crippen molar-refractivity contribution in [2.24, 2.45) is 0 Å². The fourth-order valence-electron chi connectivity index (χ4n) is 3.92. The number of nitrogens with zero attached hydrogens (tertiary/aromatic N) is 2. The maximum atomic E-state index is 14.3. The van der Waals surface area contributed by atoms with Gasteiger partial charge in [-0.05, 0) is 56.0 Å². The molecule has 0 saturated heterocycles. The van der Waals surface area contributed by atoms with Crippen LogP contribution in [0, 0.1) is 5.82 Å². The van der Waals surface area contributed by atoms with Crippen LogP contribution in [0.3, 0.4) is 0 Å². The number of pyridine rings is 1. The van der Waals surface area contributed by atoms with Crippen LogP contribution in [0.1, 0.15) is 43.9 Å². The standard InChI is InChI=1S/C25H30FN3O5/c1-25(2,3)34-24(32)28-19(11-16-7-5-6-8-20(16)26)13-22(30)29-15-17-9-10-27-14-18(17)12-21(29)23(31)33-4/h5-10,14,19,21H,11-13,15H2,1-4H3,(H,28,32)/t19-,21?/m1/s1. The van der Waals surface area contributed by atoms with E-state index in [1.54, 1.807) is 57.4 Å². The first-order chi connectivity index (χ1) is 16.1. The predicted molar refractivity (Wildman–Crippen MR) is 122 cm³/mol. The third-order valence-corrected chi connectivity index (χ3v) is 5.49. The zero-order valence-electron chi connectivity index (χ0n) is 19.8. The van der Waals surface area contributed by atoms with E-state index >= 15 is 0 Å². The van der Waals surface area contributed by atoms with E-state index < -0.39 is 35.6 Å². The number of methoxy groups -OCH3 is 1. The number of rotatable bonds is 6. The molecule has 2 atom stereocenters. The van der Waals surface area contributed by atoms with Crippen molar-refractivity contribution < 1.29 is 28.2 Å². The van der Waals surface area contributed by atoms with Crippen molar-refractivity contribution in [1.82, 2.24) is 15.2 Å². The van der Waals surface area contributed by atoms with Gasteiger partial charge in [0.2, 0.25) is 5.91 Å². The number of amides is 2. The Labute approximate surface area is 198 Å². The Morgan fingerprint density at radius 2 is 1.94 bits per heavy atom. The molecular formula is C25H30FN3O5. The number of alkyl carbamates (subject to hydrolysis) is 1. The van der Waals surface area contributed by atoms with Crippen LogP contribution in [0.15, 0.2) is 42.7 Å². The third-order valence-electron chi connectivity index (χ3n) is 5.49. The lowest BCUT2D eigenvalue weighted by atomic mass is 9.94. The largest absolute Gasteiger partial charge is 0.467 e. The molecule has 1 unspecified atom stereocenters. The van der Waals surface area contributed by atoms with Gasteiger partial charge in [0.05, 0.1) is 7.11 Å². The number of ether oxygens (including phenoxy) is 2. The second-order valence-electron chi connectivity index (χ2n) is 9.25. The summed E-state index contributed by atoms with van der Waals surface area (Å²) in [5.74, 6) is -1.33. The molecule has 0 spiro atoms. The van der Waals surface area contributed by atoms with Crippen LogP contribution in [0.25, 0.3) is 0 Å². The molecule has 8 nitrogen and oxygen atoms in total. The summed E-state index contributed by atoms with van der Waals surface area (Å²) in [6.45, 7) is 5.38. The van der Waals surface area contributed by atoms with Gasteiger partial charge in [0.25, 0.3) is 0 Å². The van der Waals surface area contributed by atoms with Gasteiger partial charge in [-0.15, -0.1) is 0 Å². The maximum absolute atomic E-state index is 14.3. The first-order valence-electron chi connectivity index (χ1n) is 11.1. The highest BCUT2D eigenvalue weighted by molar-refractivity contribution is 5.86. The Morgan fingerprint density at radius 1 is 1.21 bits per heavy atom.